The van der Waals surface area contributed by atoms with Crippen LogP contribution in [-0.4, -0.2) is 42.1 Å². The lowest BCUT2D eigenvalue weighted by Gasteiger charge is -2.22. The zero-order chi connectivity index (χ0) is 25.2. The van der Waals surface area contributed by atoms with Gasteiger partial charge in [0.1, 0.15) is 11.9 Å². The quantitative estimate of drug-likeness (QED) is 0.431. The summed E-state index contributed by atoms with van der Waals surface area (Å²) in [6.07, 6.45) is 0.129. The number of nitrogens with zero attached hydrogens (tertiary/aromatic N) is 3. The zero-order valence-electron chi connectivity index (χ0n) is 20.5. The Kier molecular flexibility index (Phi) is 6.33. The van der Waals surface area contributed by atoms with E-state index in [0.717, 1.165) is 22.4 Å². The van der Waals surface area contributed by atoms with Crippen LogP contribution in [0.2, 0.25) is 0 Å². The van der Waals surface area contributed by atoms with E-state index in [1.54, 1.807) is 37.3 Å². The van der Waals surface area contributed by atoms with Gasteiger partial charge in [0.15, 0.2) is 11.5 Å². The van der Waals surface area contributed by atoms with Crippen LogP contribution in [0.15, 0.2) is 72.8 Å². The number of carbonyl (C=O) groups is 2. The van der Waals surface area contributed by atoms with Crippen molar-refractivity contribution >= 4 is 28.5 Å². The largest absolute Gasteiger partial charge is 0.493 e. The summed E-state index contributed by atoms with van der Waals surface area (Å²) >= 11 is 0. The van der Waals surface area contributed by atoms with Crippen LogP contribution in [-0.2, 0) is 16.6 Å². The molecule has 4 aromatic rings. The molecule has 2 atom stereocenters. The molecule has 0 spiro atoms. The van der Waals surface area contributed by atoms with E-state index in [9.17, 15) is 9.59 Å². The van der Waals surface area contributed by atoms with E-state index in [0.29, 0.717) is 17.2 Å². The van der Waals surface area contributed by atoms with Crippen molar-refractivity contribution in [1.29, 1.82) is 0 Å². The summed E-state index contributed by atoms with van der Waals surface area (Å²) in [4.78, 5) is 32.9. The molecule has 1 fully saturated rings. The monoisotopic (exact) mass is 484 g/mol. The summed E-state index contributed by atoms with van der Waals surface area (Å²) in [5, 5.41) is 3.18. The maximum absolute atomic E-state index is 13.5. The van der Waals surface area contributed by atoms with E-state index in [4.69, 9.17) is 14.5 Å². The van der Waals surface area contributed by atoms with Crippen LogP contribution in [0.1, 0.15) is 23.9 Å². The number of imidazole rings is 1. The Hall–Kier alpha value is -4.33. The van der Waals surface area contributed by atoms with Crippen molar-refractivity contribution in [2.45, 2.75) is 12.5 Å². The number of ether oxygens (including phenoxy) is 2. The van der Waals surface area contributed by atoms with Gasteiger partial charge in [0.25, 0.3) is 0 Å². The number of para-hydroxylation sites is 2. The van der Waals surface area contributed by atoms with Gasteiger partial charge in [-0.15, -0.1) is 0 Å². The lowest BCUT2D eigenvalue weighted by Crippen LogP contribution is -2.37. The van der Waals surface area contributed by atoms with Gasteiger partial charge < -0.3 is 24.3 Å². The molecule has 184 valence electrons. The number of hydrogen-bond acceptors (Lipinski definition) is 5. The van der Waals surface area contributed by atoms with Gasteiger partial charge in [-0.25, -0.2) is 4.98 Å². The highest BCUT2D eigenvalue weighted by molar-refractivity contribution is 6.00. The van der Waals surface area contributed by atoms with E-state index in [2.05, 4.69) is 5.32 Å². The van der Waals surface area contributed by atoms with Gasteiger partial charge in [0, 0.05) is 31.8 Å². The summed E-state index contributed by atoms with van der Waals surface area (Å²) in [5.41, 5.74) is 3.44. The Morgan fingerprint density at radius 3 is 2.44 bits per heavy atom. The van der Waals surface area contributed by atoms with Gasteiger partial charge >= 0.3 is 0 Å². The third-order valence-electron chi connectivity index (χ3n) is 6.67. The number of benzene rings is 3. The maximum Gasteiger partial charge on any atom is 0.227 e. The molecular weight excluding hydrogens is 456 g/mol. The van der Waals surface area contributed by atoms with Crippen molar-refractivity contribution in [2.24, 2.45) is 13.0 Å². The summed E-state index contributed by atoms with van der Waals surface area (Å²) in [7, 11) is 5.06. The fourth-order valence-electron chi connectivity index (χ4n) is 4.75. The first-order valence-corrected chi connectivity index (χ1v) is 11.8. The number of carbonyl (C=O) groups excluding carboxylic acids is 2. The molecule has 0 saturated carbocycles. The Bertz CT molecular complexity index is 1420. The molecule has 1 saturated heterocycles. The number of aryl methyl sites for hydroxylation is 1. The summed E-state index contributed by atoms with van der Waals surface area (Å²) in [6.45, 7) is 0.282. The number of methoxy groups -OCH3 is 2. The molecule has 2 unspecified atom stereocenters. The average Bonchev–Trinajstić information content (AvgIpc) is 3.47. The molecule has 36 heavy (non-hydrogen) atoms. The Morgan fingerprint density at radius 2 is 1.72 bits per heavy atom. The second-order valence-corrected chi connectivity index (χ2v) is 8.81. The molecule has 8 heteroatoms. The molecule has 0 aliphatic carbocycles. The predicted molar refractivity (Wildman–Crippen MR) is 137 cm³/mol. The SMILES string of the molecule is COc1ccc(N2CC(C(=O)NC(c3ccccc3)c3nc4ccccc4n3C)CC2=O)cc1OC. The second-order valence-electron chi connectivity index (χ2n) is 8.81. The first kappa shape index (κ1) is 23.4. The van der Waals surface area contributed by atoms with E-state index in [1.165, 1.54) is 0 Å². The minimum atomic E-state index is -0.494. The number of hydrogen-bond donors (Lipinski definition) is 1. The van der Waals surface area contributed by atoms with Crippen LogP contribution in [0.25, 0.3) is 11.0 Å². The average molecular weight is 485 g/mol. The predicted octanol–water partition coefficient (Wildman–Crippen LogP) is 3.85. The van der Waals surface area contributed by atoms with Crippen LogP contribution in [0.3, 0.4) is 0 Å². The van der Waals surface area contributed by atoms with Crippen molar-refractivity contribution in [3.05, 3.63) is 84.2 Å². The molecule has 0 bridgehead atoms. The van der Waals surface area contributed by atoms with E-state index in [1.807, 2.05) is 66.2 Å². The number of nitrogens with one attached hydrogen (secondary N) is 1. The zero-order valence-corrected chi connectivity index (χ0v) is 20.5. The minimum Gasteiger partial charge on any atom is -0.493 e. The van der Waals surface area contributed by atoms with Crippen molar-refractivity contribution in [2.75, 3.05) is 25.7 Å². The van der Waals surface area contributed by atoms with Gasteiger partial charge in [0.05, 0.1) is 31.2 Å². The van der Waals surface area contributed by atoms with Crippen LogP contribution in [0.5, 0.6) is 11.5 Å². The molecule has 0 radical (unpaired) electrons. The van der Waals surface area contributed by atoms with Gasteiger partial charge in [0.2, 0.25) is 11.8 Å². The molecule has 8 nitrogen and oxygen atoms in total. The first-order valence-electron chi connectivity index (χ1n) is 11.8. The van der Waals surface area contributed by atoms with Gasteiger partial charge in [-0.05, 0) is 29.8 Å². The highest BCUT2D eigenvalue weighted by Crippen LogP contribution is 2.34. The number of fused-ring (bicyclic) bond motifs is 1. The summed E-state index contributed by atoms with van der Waals surface area (Å²) in [5.74, 6) is 1.05. The van der Waals surface area contributed by atoms with Crippen molar-refractivity contribution in [3.8, 4) is 11.5 Å². The first-order chi connectivity index (χ1) is 17.5. The minimum absolute atomic E-state index is 0.110. The third-order valence-corrected chi connectivity index (χ3v) is 6.67. The van der Waals surface area contributed by atoms with Crippen molar-refractivity contribution in [1.82, 2.24) is 14.9 Å². The normalized spacial score (nSPS) is 16.2. The van der Waals surface area contributed by atoms with Crippen molar-refractivity contribution in [3.63, 3.8) is 0 Å². The van der Waals surface area contributed by atoms with Crippen molar-refractivity contribution < 1.29 is 19.1 Å². The van der Waals surface area contributed by atoms with Crippen LogP contribution >= 0.6 is 0 Å². The maximum atomic E-state index is 13.5. The van der Waals surface area contributed by atoms with Crippen LogP contribution in [0.4, 0.5) is 5.69 Å². The lowest BCUT2D eigenvalue weighted by atomic mass is 10.0. The lowest BCUT2D eigenvalue weighted by molar-refractivity contribution is -0.126. The molecule has 1 N–H and O–H groups in total. The Balaban J connectivity index is 1.41. The fourth-order valence-corrected chi connectivity index (χ4v) is 4.75. The van der Waals surface area contributed by atoms with Crippen LogP contribution < -0.4 is 19.7 Å². The van der Waals surface area contributed by atoms with Gasteiger partial charge in [-0.1, -0.05) is 42.5 Å². The molecular formula is C28H28N4O4. The highest BCUT2D eigenvalue weighted by Gasteiger charge is 2.37. The molecule has 3 aromatic carbocycles. The molecule has 1 aliphatic rings. The number of amides is 2. The van der Waals surface area contributed by atoms with E-state index in [-0.39, 0.29) is 24.8 Å². The topological polar surface area (TPSA) is 85.7 Å². The summed E-state index contributed by atoms with van der Waals surface area (Å²) < 4.78 is 12.7. The van der Waals surface area contributed by atoms with Crippen LogP contribution in [0, 0.1) is 5.92 Å². The molecule has 1 aromatic heterocycles. The number of rotatable bonds is 7. The molecule has 5 rings (SSSR count). The third kappa shape index (κ3) is 4.26. The van der Waals surface area contributed by atoms with Gasteiger partial charge in [-0.3, -0.25) is 9.59 Å². The smallest absolute Gasteiger partial charge is 0.227 e. The van der Waals surface area contributed by atoms with E-state index >= 15 is 0 Å². The summed E-state index contributed by atoms with van der Waals surface area (Å²) in [6, 6.07) is 22.5. The second kappa shape index (κ2) is 9.73. The fraction of sp³-hybridized carbons (Fsp3) is 0.250. The number of aromatic nitrogens is 2. The number of anilines is 1. The molecule has 2 heterocycles. The Morgan fingerprint density at radius 1 is 1.00 bits per heavy atom. The van der Waals surface area contributed by atoms with E-state index < -0.39 is 12.0 Å². The standard InChI is InChI=1S/C28H28N4O4/c1-31-22-12-8-7-11-21(22)29-27(31)26(18-9-5-4-6-10-18)30-28(34)19-15-25(33)32(17-19)20-13-14-23(35-2)24(16-20)36-3/h4-14,16,19,26H,15,17H2,1-3H3,(H,30,34). The van der Waals surface area contributed by atoms with Gasteiger partial charge in [-0.2, -0.15) is 0 Å². The molecule has 1 aliphatic heterocycles. The molecule has 2 amide bonds. The Labute approximate surface area is 209 Å². The highest BCUT2D eigenvalue weighted by atomic mass is 16.5.